The number of phenolic OH excluding ortho intramolecular Hbond substituents is 1. The van der Waals surface area contributed by atoms with E-state index in [0.29, 0.717) is 12.5 Å². The number of carbonyl (C=O) groups is 1. The number of para-hydroxylation sites is 1. The molecule has 1 aromatic carbocycles. The van der Waals surface area contributed by atoms with Gasteiger partial charge in [0.2, 0.25) is 0 Å². The minimum absolute atomic E-state index is 0.130. The molecule has 0 fully saturated rings. The topological polar surface area (TPSA) is 72.5 Å². The van der Waals surface area contributed by atoms with Crippen LogP contribution in [-0.2, 0) is 4.74 Å². The molecule has 1 rings (SSSR count). The molecule has 0 bridgehead atoms. The van der Waals surface area contributed by atoms with Gasteiger partial charge in [0.25, 0.3) is 0 Å². The molecule has 106 valence electrons. The minimum atomic E-state index is -0.514. The molecule has 0 radical (unpaired) electrons. The summed E-state index contributed by atoms with van der Waals surface area (Å²) in [5.41, 5.74) is 5.87. The summed E-state index contributed by atoms with van der Waals surface area (Å²) in [6.45, 7) is 4.62. The molecule has 3 N–H and O–H groups in total. The van der Waals surface area contributed by atoms with Gasteiger partial charge in [-0.25, -0.2) is 4.79 Å². The zero-order chi connectivity index (χ0) is 14.3. The summed E-state index contributed by atoms with van der Waals surface area (Å²) in [6, 6.07) is 4.68. The highest BCUT2D eigenvalue weighted by atomic mass is 16.5. The number of aromatic hydroxyl groups is 1. The van der Waals surface area contributed by atoms with Crippen LogP contribution in [0.25, 0.3) is 0 Å². The zero-order valence-electron chi connectivity index (χ0n) is 11.7. The van der Waals surface area contributed by atoms with Crippen molar-refractivity contribution < 1.29 is 14.6 Å². The monoisotopic (exact) mass is 265 g/mol. The third-order valence-electron chi connectivity index (χ3n) is 3.28. The molecule has 1 unspecified atom stereocenters. The van der Waals surface area contributed by atoms with Crippen molar-refractivity contribution in [2.24, 2.45) is 5.92 Å². The van der Waals surface area contributed by atoms with Crippen LogP contribution in [0.15, 0.2) is 18.2 Å². The molecule has 0 aliphatic rings. The van der Waals surface area contributed by atoms with E-state index < -0.39 is 5.97 Å². The number of hydrogen-bond donors (Lipinski definition) is 2. The van der Waals surface area contributed by atoms with Crippen LogP contribution in [0.5, 0.6) is 5.75 Å². The van der Waals surface area contributed by atoms with E-state index in [1.165, 1.54) is 6.07 Å². The van der Waals surface area contributed by atoms with Gasteiger partial charge in [-0.3, -0.25) is 0 Å². The van der Waals surface area contributed by atoms with Crippen molar-refractivity contribution in [1.82, 2.24) is 0 Å². The van der Waals surface area contributed by atoms with E-state index in [2.05, 4.69) is 13.8 Å². The third kappa shape index (κ3) is 4.47. The fourth-order valence-electron chi connectivity index (χ4n) is 1.90. The summed E-state index contributed by atoms with van der Waals surface area (Å²) in [6.07, 6.45) is 4.32. The molecule has 0 amide bonds. The maximum absolute atomic E-state index is 11.9. The van der Waals surface area contributed by atoms with E-state index in [1.54, 1.807) is 12.1 Å². The standard InChI is InChI=1S/C15H23NO3/c1-3-5-7-11(4-2)10-19-15(18)12-8-6-9-13(16)14(12)17/h6,8-9,11,17H,3-5,7,10,16H2,1-2H3. The van der Waals surface area contributed by atoms with Crippen LogP contribution < -0.4 is 5.73 Å². The Morgan fingerprint density at radius 3 is 2.79 bits per heavy atom. The molecule has 0 heterocycles. The first-order valence-corrected chi connectivity index (χ1v) is 6.84. The van der Waals surface area contributed by atoms with Gasteiger partial charge in [-0.1, -0.05) is 39.2 Å². The SMILES string of the molecule is CCCCC(CC)COC(=O)c1cccc(N)c1O. The van der Waals surface area contributed by atoms with Gasteiger partial charge in [-0.15, -0.1) is 0 Å². The van der Waals surface area contributed by atoms with Gasteiger partial charge in [0.15, 0.2) is 5.75 Å². The molecule has 0 aliphatic carbocycles. The first kappa shape index (κ1) is 15.3. The highest BCUT2D eigenvalue weighted by Gasteiger charge is 2.16. The van der Waals surface area contributed by atoms with E-state index in [0.717, 1.165) is 25.7 Å². The number of ether oxygens (including phenoxy) is 1. The molecule has 0 saturated carbocycles. The van der Waals surface area contributed by atoms with Crippen LogP contribution >= 0.6 is 0 Å². The van der Waals surface area contributed by atoms with E-state index >= 15 is 0 Å². The van der Waals surface area contributed by atoms with Crippen LogP contribution in [0.1, 0.15) is 49.9 Å². The number of unbranched alkanes of at least 4 members (excludes halogenated alkanes) is 1. The van der Waals surface area contributed by atoms with Crippen molar-refractivity contribution in [3.05, 3.63) is 23.8 Å². The molecule has 4 nitrogen and oxygen atoms in total. The Morgan fingerprint density at radius 1 is 1.42 bits per heavy atom. The molecule has 1 aromatic rings. The molecule has 4 heteroatoms. The number of carbonyl (C=O) groups excluding carboxylic acids is 1. The second-order valence-corrected chi connectivity index (χ2v) is 4.76. The zero-order valence-corrected chi connectivity index (χ0v) is 11.7. The molecule has 0 spiro atoms. The summed E-state index contributed by atoms with van der Waals surface area (Å²) in [5.74, 6) is -0.332. The Labute approximate surface area is 114 Å². The first-order chi connectivity index (χ1) is 9.10. The second kappa shape index (κ2) is 7.67. The Morgan fingerprint density at radius 2 is 2.16 bits per heavy atom. The summed E-state index contributed by atoms with van der Waals surface area (Å²) in [7, 11) is 0. The molecule has 19 heavy (non-hydrogen) atoms. The quantitative estimate of drug-likeness (QED) is 0.450. The fraction of sp³-hybridized carbons (Fsp3) is 0.533. The van der Waals surface area contributed by atoms with Crippen molar-refractivity contribution in [3.8, 4) is 5.75 Å². The van der Waals surface area contributed by atoms with Gasteiger partial charge < -0.3 is 15.6 Å². The van der Waals surface area contributed by atoms with Crippen molar-refractivity contribution in [1.29, 1.82) is 0 Å². The number of hydrogen-bond acceptors (Lipinski definition) is 4. The fourth-order valence-corrected chi connectivity index (χ4v) is 1.90. The molecular formula is C15H23NO3. The smallest absolute Gasteiger partial charge is 0.342 e. The van der Waals surface area contributed by atoms with E-state index in [4.69, 9.17) is 10.5 Å². The summed E-state index contributed by atoms with van der Waals surface area (Å²) in [5, 5.41) is 9.71. The third-order valence-corrected chi connectivity index (χ3v) is 3.28. The maximum atomic E-state index is 11.9. The molecule has 1 atom stereocenters. The van der Waals surface area contributed by atoms with Crippen LogP contribution in [0.2, 0.25) is 0 Å². The molecular weight excluding hydrogens is 242 g/mol. The highest BCUT2D eigenvalue weighted by molar-refractivity contribution is 5.94. The number of anilines is 1. The lowest BCUT2D eigenvalue weighted by molar-refractivity contribution is 0.0425. The first-order valence-electron chi connectivity index (χ1n) is 6.84. The summed E-state index contributed by atoms with van der Waals surface area (Å²) < 4.78 is 5.26. The van der Waals surface area contributed by atoms with Crippen molar-refractivity contribution >= 4 is 11.7 Å². The normalized spacial score (nSPS) is 12.1. The maximum Gasteiger partial charge on any atom is 0.342 e. The number of phenols is 1. The van der Waals surface area contributed by atoms with Gasteiger partial charge in [-0.2, -0.15) is 0 Å². The summed E-state index contributed by atoms with van der Waals surface area (Å²) >= 11 is 0. The van der Waals surface area contributed by atoms with Crippen molar-refractivity contribution in [2.45, 2.75) is 39.5 Å². The molecule has 0 aliphatic heterocycles. The highest BCUT2D eigenvalue weighted by Crippen LogP contribution is 2.25. The van der Waals surface area contributed by atoms with Crippen LogP contribution in [0, 0.1) is 5.92 Å². The van der Waals surface area contributed by atoms with E-state index in [9.17, 15) is 9.90 Å². The Hall–Kier alpha value is -1.71. The number of rotatable bonds is 7. The Kier molecular flexibility index (Phi) is 6.19. The predicted molar refractivity (Wildman–Crippen MR) is 76.1 cm³/mol. The van der Waals surface area contributed by atoms with Crippen LogP contribution in [-0.4, -0.2) is 17.7 Å². The van der Waals surface area contributed by atoms with Crippen molar-refractivity contribution in [2.75, 3.05) is 12.3 Å². The van der Waals surface area contributed by atoms with Gasteiger partial charge in [0, 0.05) is 0 Å². The van der Waals surface area contributed by atoms with Gasteiger partial charge in [-0.05, 0) is 24.5 Å². The lowest BCUT2D eigenvalue weighted by Crippen LogP contribution is -2.14. The largest absolute Gasteiger partial charge is 0.505 e. The number of nitrogen functional groups attached to an aromatic ring is 1. The lowest BCUT2D eigenvalue weighted by atomic mass is 10.0. The Bertz CT molecular complexity index is 418. The second-order valence-electron chi connectivity index (χ2n) is 4.76. The van der Waals surface area contributed by atoms with E-state index in [-0.39, 0.29) is 17.0 Å². The molecule has 0 aromatic heterocycles. The van der Waals surface area contributed by atoms with Crippen molar-refractivity contribution in [3.63, 3.8) is 0 Å². The lowest BCUT2D eigenvalue weighted by Gasteiger charge is -2.15. The van der Waals surface area contributed by atoms with Gasteiger partial charge >= 0.3 is 5.97 Å². The van der Waals surface area contributed by atoms with E-state index in [1.807, 2.05) is 0 Å². The average Bonchev–Trinajstić information content (AvgIpc) is 2.42. The van der Waals surface area contributed by atoms with Crippen LogP contribution in [0.4, 0.5) is 5.69 Å². The van der Waals surface area contributed by atoms with Gasteiger partial charge in [0.05, 0.1) is 12.3 Å². The average molecular weight is 265 g/mol. The number of nitrogens with two attached hydrogens (primary N) is 1. The summed E-state index contributed by atoms with van der Waals surface area (Å²) in [4.78, 5) is 11.9. The van der Waals surface area contributed by atoms with Gasteiger partial charge in [0.1, 0.15) is 5.56 Å². The Balaban J connectivity index is 2.57. The molecule has 0 saturated heterocycles. The number of benzene rings is 1. The van der Waals surface area contributed by atoms with Crippen LogP contribution in [0.3, 0.4) is 0 Å². The minimum Gasteiger partial charge on any atom is -0.505 e. The number of esters is 1. The predicted octanol–water partition coefficient (Wildman–Crippen LogP) is 3.35.